The predicted molar refractivity (Wildman–Crippen MR) is 95.4 cm³/mol. The number of ether oxygens (including phenoxy) is 4. The van der Waals surface area contributed by atoms with Crippen LogP contribution in [-0.4, -0.2) is 39.5 Å². The number of carbonyl (C=O) groups excluding carboxylic acids is 1. The van der Waals surface area contributed by atoms with Gasteiger partial charge in [-0.25, -0.2) is 0 Å². The van der Waals surface area contributed by atoms with Gasteiger partial charge in [-0.15, -0.1) is 0 Å². The molecule has 1 N–H and O–H groups in total. The van der Waals surface area contributed by atoms with E-state index >= 15 is 0 Å². The normalized spacial score (nSPS) is 11.7. The molecular formula is C19H22O8. The maximum absolute atomic E-state index is 12.1. The first-order valence-electron chi connectivity index (χ1n) is 8.08. The fourth-order valence-electron chi connectivity index (χ4n) is 2.69. The van der Waals surface area contributed by atoms with E-state index in [0.717, 1.165) is 6.07 Å². The molecule has 2 rings (SSSR count). The molecule has 1 atom stereocenters. The monoisotopic (exact) mass is 378 g/mol. The van der Waals surface area contributed by atoms with Crippen LogP contribution >= 0.6 is 0 Å². The molecule has 0 aliphatic rings. The zero-order chi connectivity index (χ0) is 20.0. The molecule has 1 heterocycles. The van der Waals surface area contributed by atoms with E-state index < -0.39 is 23.1 Å². The van der Waals surface area contributed by atoms with Crippen LogP contribution in [0.5, 0.6) is 17.2 Å². The van der Waals surface area contributed by atoms with E-state index in [1.54, 1.807) is 18.2 Å². The van der Waals surface area contributed by atoms with E-state index in [4.69, 9.17) is 23.4 Å². The first-order valence-corrected chi connectivity index (χ1v) is 8.08. The second-order valence-electron chi connectivity index (χ2n) is 5.67. The van der Waals surface area contributed by atoms with E-state index in [0.29, 0.717) is 17.1 Å². The molecule has 0 unspecified atom stereocenters. The van der Waals surface area contributed by atoms with E-state index in [1.165, 1.54) is 28.4 Å². The van der Waals surface area contributed by atoms with Gasteiger partial charge in [0.25, 0.3) is 0 Å². The first-order chi connectivity index (χ1) is 12.9. The van der Waals surface area contributed by atoms with Crippen molar-refractivity contribution in [2.75, 3.05) is 28.4 Å². The number of methoxy groups -OCH3 is 4. The summed E-state index contributed by atoms with van der Waals surface area (Å²) in [6.07, 6.45) is -0.154. The van der Waals surface area contributed by atoms with Crippen molar-refractivity contribution in [1.29, 1.82) is 0 Å². The summed E-state index contributed by atoms with van der Waals surface area (Å²) in [4.78, 5) is 24.1. The third-order valence-corrected chi connectivity index (χ3v) is 4.01. The quantitative estimate of drug-likeness (QED) is 0.697. The van der Waals surface area contributed by atoms with Gasteiger partial charge in [-0.2, -0.15) is 0 Å². The summed E-state index contributed by atoms with van der Waals surface area (Å²) in [6, 6.07) is 6.14. The summed E-state index contributed by atoms with van der Waals surface area (Å²) in [6.45, 7) is 0.0411. The van der Waals surface area contributed by atoms with Gasteiger partial charge in [0, 0.05) is 13.2 Å². The number of carbonyl (C=O) groups is 1. The van der Waals surface area contributed by atoms with Gasteiger partial charge in [0.1, 0.15) is 12.4 Å². The molecule has 1 aromatic heterocycles. The van der Waals surface area contributed by atoms with Crippen LogP contribution in [0.1, 0.15) is 29.4 Å². The molecule has 0 bridgehead atoms. The van der Waals surface area contributed by atoms with Gasteiger partial charge >= 0.3 is 5.97 Å². The summed E-state index contributed by atoms with van der Waals surface area (Å²) in [5.41, 5.74) is -0.0512. The Morgan fingerprint density at radius 1 is 1.11 bits per heavy atom. The lowest BCUT2D eigenvalue weighted by molar-refractivity contribution is -0.140. The minimum Gasteiger partial charge on any atom is -0.502 e. The van der Waals surface area contributed by atoms with E-state index in [9.17, 15) is 14.7 Å². The van der Waals surface area contributed by atoms with Crippen molar-refractivity contribution in [3.8, 4) is 17.2 Å². The molecule has 0 saturated heterocycles. The number of rotatable bonds is 8. The van der Waals surface area contributed by atoms with E-state index in [2.05, 4.69) is 0 Å². The molecule has 8 heteroatoms. The van der Waals surface area contributed by atoms with Gasteiger partial charge in [-0.05, 0) is 17.7 Å². The lowest BCUT2D eigenvalue weighted by atomic mass is 9.92. The van der Waals surface area contributed by atoms with Crippen molar-refractivity contribution < 1.29 is 33.3 Å². The standard InChI is InChI=1S/C19H22O8/c1-23-10-12-8-14(20)18(22)19(27-12)13(9-17(21)26-4)11-5-6-15(24-2)16(7-11)25-3/h5-8,13,22H,9-10H2,1-4H3/t13-/m1/s1. The fraction of sp³-hybridized carbons (Fsp3) is 0.368. The van der Waals surface area contributed by atoms with Crippen molar-refractivity contribution in [2.24, 2.45) is 0 Å². The van der Waals surface area contributed by atoms with Crippen LogP contribution in [0, 0.1) is 0 Å². The average Bonchev–Trinajstić information content (AvgIpc) is 2.68. The van der Waals surface area contributed by atoms with Crippen LogP contribution in [0.15, 0.2) is 33.5 Å². The Morgan fingerprint density at radius 3 is 2.41 bits per heavy atom. The maximum atomic E-state index is 12.1. The van der Waals surface area contributed by atoms with Crippen LogP contribution in [0.2, 0.25) is 0 Å². The molecule has 0 fully saturated rings. The topological polar surface area (TPSA) is 104 Å². The summed E-state index contributed by atoms with van der Waals surface area (Å²) < 4.78 is 25.9. The maximum Gasteiger partial charge on any atom is 0.306 e. The number of hydrogen-bond acceptors (Lipinski definition) is 8. The highest BCUT2D eigenvalue weighted by Gasteiger charge is 2.27. The summed E-state index contributed by atoms with van der Waals surface area (Å²) in [7, 11) is 5.69. The van der Waals surface area contributed by atoms with Crippen molar-refractivity contribution in [3.63, 3.8) is 0 Å². The Bertz CT molecular complexity index is 855. The van der Waals surface area contributed by atoms with Crippen LogP contribution in [0.4, 0.5) is 0 Å². The molecule has 0 amide bonds. The fourth-order valence-corrected chi connectivity index (χ4v) is 2.69. The Labute approximate surface area is 156 Å². The molecule has 146 valence electrons. The van der Waals surface area contributed by atoms with Crippen LogP contribution in [0.3, 0.4) is 0 Å². The third-order valence-electron chi connectivity index (χ3n) is 4.01. The second kappa shape index (κ2) is 9.09. The SMILES string of the molecule is COCc1cc(=O)c(O)c([C@H](CC(=O)OC)c2ccc(OC)c(OC)c2)o1. The van der Waals surface area contributed by atoms with Gasteiger partial charge < -0.3 is 28.5 Å². The highest BCUT2D eigenvalue weighted by atomic mass is 16.5. The van der Waals surface area contributed by atoms with Crippen molar-refractivity contribution in [1.82, 2.24) is 0 Å². The molecule has 0 aliphatic carbocycles. The molecule has 0 radical (unpaired) electrons. The largest absolute Gasteiger partial charge is 0.502 e. The number of hydrogen-bond donors (Lipinski definition) is 1. The van der Waals surface area contributed by atoms with Gasteiger partial charge in [-0.1, -0.05) is 6.07 Å². The van der Waals surface area contributed by atoms with Crippen molar-refractivity contribution in [3.05, 3.63) is 51.6 Å². The van der Waals surface area contributed by atoms with E-state index in [-0.39, 0.29) is 24.5 Å². The smallest absolute Gasteiger partial charge is 0.306 e. The lowest BCUT2D eigenvalue weighted by Crippen LogP contribution is -2.14. The number of benzene rings is 1. The Hall–Kier alpha value is -3.00. The summed E-state index contributed by atoms with van der Waals surface area (Å²) in [5.74, 6) is -0.774. The van der Waals surface area contributed by atoms with Crippen molar-refractivity contribution in [2.45, 2.75) is 18.9 Å². The first kappa shape index (κ1) is 20.3. The molecule has 8 nitrogen and oxygen atoms in total. The zero-order valence-corrected chi connectivity index (χ0v) is 15.6. The minimum absolute atomic E-state index is 0.0411. The minimum atomic E-state index is -0.776. The molecule has 27 heavy (non-hydrogen) atoms. The second-order valence-corrected chi connectivity index (χ2v) is 5.67. The number of aromatic hydroxyl groups is 1. The average molecular weight is 378 g/mol. The van der Waals surface area contributed by atoms with Gasteiger partial charge in [0.2, 0.25) is 11.2 Å². The summed E-state index contributed by atoms with van der Waals surface area (Å²) >= 11 is 0. The van der Waals surface area contributed by atoms with Gasteiger partial charge in [-0.3, -0.25) is 9.59 Å². The Balaban J connectivity index is 2.62. The molecule has 0 spiro atoms. The molecular weight excluding hydrogens is 356 g/mol. The zero-order valence-electron chi connectivity index (χ0n) is 15.6. The van der Waals surface area contributed by atoms with Crippen LogP contribution in [-0.2, 0) is 20.9 Å². The lowest BCUT2D eigenvalue weighted by Gasteiger charge is -2.19. The highest BCUT2D eigenvalue weighted by molar-refractivity contribution is 5.71. The van der Waals surface area contributed by atoms with Crippen molar-refractivity contribution >= 4 is 5.97 Å². The highest BCUT2D eigenvalue weighted by Crippen LogP contribution is 2.37. The van der Waals surface area contributed by atoms with E-state index in [1.807, 2.05) is 0 Å². The Kier molecular flexibility index (Phi) is 6.84. The molecule has 1 aromatic carbocycles. The molecule has 0 saturated carbocycles. The Morgan fingerprint density at radius 2 is 1.81 bits per heavy atom. The summed E-state index contributed by atoms with van der Waals surface area (Å²) in [5, 5.41) is 10.3. The van der Waals surface area contributed by atoms with Gasteiger partial charge in [0.15, 0.2) is 17.3 Å². The number of esters is 1. The van der Waals surface area contributed by atoms with Crippen LogP contribution < -0.4 is 14.9 Å². The predicted octanol–water partition coefficient (Wildman–Crippen LogP) is 2.20. The third kappa shape index (κ3) is 4.59. The van der Waals surface area contributed by atoms with Gasteiger partial charge in [0.05, 0.1) is 33.7 Å². The molecule has 2 aromatic rings. The molecule has 0 aliphatic heterocycles. The van der Waals surface area contributed by atoms with Crippen LogP contribution in [0.25, 0.3) is 0 Å².